The summed E-state index contributed by atoms with van der Waals surface area (Å²) in [5, 5.41) is 4.37. The van der Waals surface area contributed by atoms with Gasteiger partial charge >= 0.3 is 0 Å². The lowest BCUT2D eigenvalue weighted by molar-refractivity contribution is 0.0755. The van der Waals surface area contributed by atoms with E-state index in [1.807, 2.05) is 34.8 Å². The highest BCUT2D eigenvalue weighted by Gasteiger charge is 2.23. The third-order valence-corrected chi connectivity index (χ3v) is 5.05. The molecule has 0 bridgehead atoms. The van der Waals surface area contributed by atoms with E-state index >= 15 is 0 Å². The first-order valence-electron chi connectivity index (χ1n) is 9.32. The smallest absolute Gasteiger partial charge is 0.274 e. The van der Waals surface area contributed by atoms with Gasteiger partial charge in [0.25, 0.3) is 5.91 Å². The van der Waals surface area contributed by atoms with Crippen LogP contribution in [0.5, 0.6) is 0 Å². The van der Waals surface area contributed by atoms with Gasteiger partial charge in [-0.3, -0.25) is 9.69 Å². The van der Waals surface area contributed by atoms with Crippen molar-refractivity contribution in [1.29, 1.82) is 0 Å². The number of hydrogen-bond acceptors (Lipinski definition) is 4. The molecule has 7 nitrogen and oxygen atoms in total. The van der Waals surface area contributed by atoms with Gasteiger partial charge in [-0.2, -0.15) is 5.10 Å². The molecule has 3 heterocycles. The number of nitrogens with zero attached hydrogens (tertiary/aromatic N) is 5. The first kappa shape index (κ1) is 17.5. The van der Waals surface area contributed by atoms with Gasteiger partial charge in [-0.1, -0.05) is 18.2 Å². The van der Waals surface area contributed by atoms with E-state index in [-0.39, 0.29) is 5.91 Å². The lowest BCUT2D eigenvalue weighted by Crippen LogP contribution is -2.35. The first-order valence-corrected chi connectivity index (χ1v) is 9.32. The van der Waals surface area contributed by atoms with Crippen molar-refractivity contribution < 1.29 is 4.79 Å². The fourth-order valence-electron chi connectivity index (χ4n) is 3.58. The normalized spacial score (nSPS) is 15.7. The fourth-order valence-corrected chi connectivity index (χ4v) is 3.58. The number of imidazole rings is 1. The van der Waals surface area contributed by atoms with Gasteiger partial charge in [0.1, 0.15) is 5.69 Å². The topological polar surface area (TPSA) is 70.1 Å². The second-order valence-corrected chi connectivity index (χ2v) is 6.88. The van der Waals surface area contributed by atoms with Crippen molar-refractivity contribution in [3.05, 3.63) is 66.0 Å². The summed E-state index contributed by atoms with van der Waals surface area (Å²) >= 11 is 0. The number of nitrogens with one attached hydrogen (secondary N) is 1. The molecule has 0 spiro atoms. The van der Waals surface area contributed by atoms with E-state index in [2.05, 4.69) is 38.2 Å². The Morgan fingerprint density at radius 2 is 2.04 bits per heavy atom. The molecule has 27 heavy (non-hydrogen) atoms. The van der Waals surface area contributed by atoms with Crippen LogP contribution in [0.1, 0.15) is 28.2 Å². The van der Waals surface area contributed by atoms with Crippen LogP contribution >= 0.6 is 0 Å². The summed E-state index contributed by atoms with van der Waals surface area (Å²) in [5.41, 5.74) is 3.71. The molecular formula is C20H24N6O. The zero-order chi connectivity index (χ0) is 18.6. The molecule has 1 N–H and O–H groups in total. The number of aromatic nitrogens is 4. The molecule has 0 atom stereocenters. The molecule has 1 aromatic carbocycles. The number of benzene rings is 1. The second-order valence-electron chi connectivity index (χ2n) is 6.88. The Hall–Kier alpha value is -2.93. The van der Waals surface area contributed by atoms with Gasteiger partial charge in [0.2, 0.25) is 0 Å². The molecule has 0 unspecified atom stereocenters. The van der Waals surface area contributed by atoms with E-state index in [4.69, 9.17) is 0 Å². The second kappa shape index (κ2) is 7.75. The van der Waals surface area contributed by atoms with Crippen LogP contribution < -0.4 is 0 Å². The van der Waals surface area contributed by atoms with Gasteiger partial charge in [-0.25, -0.2) is 9.67 Å². The van der Waals surface area contributed by atoms with E-state index in [9.17, 15) is 4.79 Å². The maximum atomic E-state index is 12.7. The Kier molecular flexibility index (Phi) is 5.02. The van der Waals surface area contributed by atoms with Crippen LogP contribution in [0.15, 0.2) is 49.1 Å². The molecular weight excluding hydrogens is 340 g/mol. The third-order valence-electron chi connectivity index (χ3n) is 5.05. The van der Waals surface area contributed by atoms with E-state index < -0.39 is 0 Å². The molecule has 1 aliphatic rings. The summed E-state index contributed by atoms with van der Waals surface area (Å²) in [5.74, 6) is 0.0209. The SMILES string of the molecule is Cc1[nH]cnc1C(=O)N1CCCN(Cc2ccccc2-n2cccn2)CC1. The Labute approximate surface area is 158 Å². The highest BCUT2D eigenvalue weighted by molar-refractivity contribution is 5.93. The Bertz CT molecular complexity index is 901. The minimum atomic E-state index is 0.0209. The molecule has 1 fully saturated rings. The Morgan fingerprint density at radius 3 is 2.81 bits per heavy atom. The number of hydrogen-bond donors (Lipinski definition) is 1. The van der Waals surface area contributed by atoms with Gasteiger partial charge in [-0.05, 0) is 31.0 Å². The zero-order valence-electron chi connectivity index (χ0n) is 15.5. The van der Waals surface area contributed by atoms with Crippen LogP contribution in [0.3, 0.4) is 0 Å². The number of aryl methyl sites for hydroxylation is 1. The predicted octanol–water partition coefficient (Wildman–Crippen LogP) is 2.25. The molecule has 4 rings (SSSR count). The summed E-state index contributed by atoms with van der Waals surface area (Å²) in [4.78, 5) is 24.2. The average Bonchev–Trinajstić information content (AvgIpc) is 3.30. The van der Waals surface area contributed by atoms with Crippen molar-refractivity contribution in [3.63, 3.8) is 0 Å². The third kappa shape index (κ3) is 3.78. The Morgan fingerprint density at radius 1 is 1.15 bits per heavy atom. The molecule has 1 amide bonds. The van der Waals surface area contributed by atoms with Crippen molar-refractivity contribution in [1.82, 2.24) is 29.5 Å². The molecule has 2 aromatic heterocycles. The van der Waals surface area contributed by atoms with Crippen LogP contribution in [0.2, 0.25) is 0 Å². The van der Waals surface area contributed by atoms with Crippen molar-refractivity contribution in [2.75, 3.05) is 26.2 Å². The molecule has 1 aliphatic heterocycles. The molecule has 0 saturated carbocycles. The van der Waals surface area contributed by atoms with E-state index in [0.29, 0.717) is 5.69 Å². The maximum absolute atomic E-state index is 12.7. The van der Waals surface area contributed by atoms with Crippen LogP contribution in [0.4, 0.5) is 0 Å². The standard InChI is InChI=1S/C20H24N6O/c1-16-19(22-15-21-16)20(27)25-10-5-9-24(12-13-25)14-17-6-2-3-7-18(17)26-11-4-8-23-26/h2-4,6-8,11,15H,5,9-10,12-14H2,1H3,(H,21,22). The van der Waals surface area contributed by atoms with Crippen LogP contribution in [0.25, 0.3) is 5.69 Å². The molecule has 7 heteroatoms. The first-order chi connectivity index (χ1) is 13.2. The average molecular weight is 364 g/mol. The number of para-hydroxylation sites is 1. The summed E-state index contributed by atoms with van der Waals surface area (Å²) in [6, 6.07) is 10.3. The van der Waals surface area contributed by atoms with Gasteiger partial charge in [0.15, 0.2) is 0 Å². The largest absolute Gasteiger partial charge is 0.348 e. The Balaban J connectivity index is 1.44. The molecule has 0 radical (unpaired) electrons. The lowest BCUT2D eigenvalue weighted by Gasteiger charge is -2.22. The minimum Gasteiger partial charge on any atom is -0.348 e. The van der Waals surface area contributed by atoms with E-state index in [1.165, 1.54) is 5.56 Å². The highest BCUT2D eigenvalue weighted by Crippen LogP contribution is 2.17. The molecule has 1 saturated heterocycles. The van der Waals surface area contributed by atoms with Gasteiger partial charge in [0.05, 0.1) is 12.0 Å². The predicted molar refractivity (Wildman–Crippen MR) is 103 cm³/mol. The minimum absolute atomic E-state index is 0.0209. The van der Waals surface area contributed by atoms with Gasteiger partial charge in [-0.15, -0.1) is 0 Å². The number of carbonyl (C=O) groups excluding carboxylic acids is 1. The van der Waals surface area contributed by atoms with Crippen molar-refractivity contribution >= 4 is 5.91 Å². The number of aromatic amines is 1. The van der Waals surface area contributed by atoms with Crippen LogP contribution in [0, 0.1) is 6.92 Å². The highest BCUT2D eigenvalue weighted by atomic mass is 16.2. The lowest BCUT2D eigenvalue weighted by atomic mass is 10.1. The van der Waals surface area contributed by atoms with Gasteiger partial charge < -0.3 is 9.88 Å². The summed E-state index contributed by atoms with van der Waals surface area (Å²) in [6.07, 6.45) is 6.30. The van der Waals surface area contributed by atoms with Crippen LogP contribution in [-0.4, -0.2) is 61.6 Å². The van der Waals surface area contributed by atoms with Crippen LogP contribution in [-0.2, 0) is 6.54 Å². The monoisotopic (exact) mass is 364 g/mol. The fraction of sp³-hybridized carbons (Fsp3) is 0.350. The quantitative estimate of drug-likeness (QED) is 0.771. The molecule has 3 aromatic rings. The number of rotatable bonds is 4. The summed E-state index contributed by atoms with van der Waals surface area (Å²) < 4.78 is 1.91. The van der Waals surface area contributed by atoms with Crippen molar-refractivity contribution in [3.8, 4) is 5.69 Å². The summed E-state index contributed by atoms with van der Waals surface area (Å²) in [7, 11) is 0. The summed E-state index contributed by atoms with van der Waals surface area (Å²) in [6.45, 7) is 6.03. The van der Waals surface area contributed by atoms with Crippen molar-refractivity contribution in [2.24, 2.45) is 0 Å². The zero-order valence-corrected chi connectivity index (χ0v) is 15.5. The number of carbonyl (C=O) groups is 1. The van der Waals surface area contributed by atoms with E-state index in [1.54, 1.807) is 12.5 Å². The van der Waals surface area contributed by atoms with Gasteiger partial charge in [0, 0.05) is 50.8 Å². The van der Waals surface area contributed by atoms with E-state index in [0.717, 1.165) is 50.5 Å². The molecule has 140 valence electrons. The number of H-pyrrole nitrogens is 1. The van der Waals surface area contributed by atoms with Crippen molar-refractivity contribution in [2.45, 2.75) is 19.9 Å². The number of amides is 1. The molecule has 0 aliphatic carbocycles. The maximum Gasteiger partial charge on any atom is 0.274 e.